The van der Waals surface area contributed by atoms with Gasteiger partial charge in [-0.25, -0.2) is 0 Å². The molecule has 0 unspecified atom stereocenters. The summed E-state index contributed by atoms with van der Waals surface area (Å²) >= 11 is 0. The number of hydrogen-bond acceptors (Lipinski definition) is 6. The number of nitrogens with zero attached hydrogens (tertiary/aromatic N) is 1. The van der Waals surface area contributed by atoms with Crippen LogP contribution in [0.2, 0.25) is 16.6 Å². The van der Waals surface area contributed by atoms with Gasteiger partial charge in [0.15, 0.2) is 8.24 Å². The van der Waals surface area contributed by atoms with Gasteiger partial charge >= 0.3 is 0 Å². The zero-order chi connectivity index (χ0) is 32.8. The first-order valence-corrected chi connectivity index (χ1v) is 19.2. The zero-order valence-corrected chi connectivity index (χ0v) is 29.7. The van der Waals surface area contributed by atoms with E-state index in [1.165, 1.54) is 0 Å². The lowest BCUT2D eigenvalue weighted by molar-refractivity contribution is 0.312. The fraction of sp³-hybridized carbons (Fsp3) is 0.486. The predicted molar refractivity (Wildman–Crippen MR) is 185 cm³/mol. The van der Waals surface area contributed by atoms with Gasteiger partial charge in [0.05, 0.1) is 22.8 Å². The summed E-state index contributed by atoms with van der Waals surface area (Å²) in [5, 5.41) is 4.26. The number of fused-ring (bicyclic) bond motifs is 1. The van der Waals surface area contributed by atoms with E-state index in [-0.39, 0.29) is 17.0 Å². The minimum Gasteiger partial charge on any atom is -0.377 e. The van der Waals surface area contributed by atoms with Gasteiger partial charge in [-0.05, 0) is 98.7 Å². The topological polar surface area (TPSA) is 94.5 Å². The number of rotatable bonds is 12. The van der Waals surface area contributed by atoms with Crippen LogP contribution in [0.5, 0.6) is 0 Å². The molecule has 9 heteroatoms. The molecule has 7 nitrogen and oxygen atoms in total. The Balaban J connectivity index is 1.77. The minimum atomic E-state index is -3.85. The van der Waals surface area contributed by atoms with Crippen molar-refractivity contribution in [3.8, 4) is 11.1 Å². The number of anilines is 1. The summed E-state index contributed by atoms with van der Waals surface area (Å²) in [6.07, 6.45) is 3.38. The van der Waals surface area contributed by atoms with Gasteiger partial charge in [-0.15, -0.1) is 0 Å². The van der Waals surface area contributed by atoms with Crippen LogP contribution in [-0.4, -0.2) is 33.0 Å². The molecule has 1 N–H and O–H groups in total. The molecule has 4 aromatic rings. The normalized spacial score (nSPS) is 13.2. The monoisotopic (exact) mass is 636 g/mol. The van der Waals surface area contributed by atoms with Crippen molar-refractivity contribution in [2.75, 3.05) is 11.9 Å². The van der Waals surface area contributed by atoms with Crippen LogP contribution < -0.4 is 16.2 Å². The molecule has 3 aromatic carbocycles. The molecule has 0 radical (unpaired) electrons. The highest BCUT2D eigenvalue weighted by atomic mass is 32.2. The summed E-state index contributed by atoms with van der Waals surface area (Å²) in [6, 6.07) is 12.7. The fourth-order valence-electron chi connectivity index (χ4n) is 7.17. The van der Waals surface area contributed by atoms with Gasteiger partial charge in [-0.2, -0.15) is 8.42 Å². The van der Waals surface area contributed by atoms with E-state index < -0.39 is 29.2 Å². The third-order valence-electron chi connectivity index (χ3n) is 8.92. The molecular weight excluding hydrogens is 589 g/mol. The van der Waals surface area contributed by atoms with E-state index >= 15 is 0 Å². The van der Waals surface area contributed by atoms with Crippen LogP contribution in [0, 0.1) is 6.92 Å². The number of nitrogens with one attached hydrogen (secondary N) is 1. The van der Waals surface area contributed by atoms with E-state index in [0.717, 1.165) is 27.6 Å². The molecule has 1 heterocycles. The van der Waals surface area contributed by atoms with Crippen molar-refractivity contribution in [3.63, 3.8) is 0 Å². The van der Waals surface area contributed by atoms with Crippen molar-refractivity contribution in [2.24, 2.45) is 0 Å². The molecule has 0 aliphatic rings. The average Bonchev–Trinajstić information content (AvgIpc) is 3.27. The molecule has 0 amide bonds. The quantitative estimate of drug-likeness (QED) is 0.0739. The van der Waals surface area contributed by atoms with Crippen LogP contribution in [0.15, 0.2) is 63.1 Å². The Morgan fingerprint density at radius 1 is 0.886 bits per heavy atom. The third-order valence-corrected chi connectivity index (χ3v) is 17.0. The second-order valence-corrected chi connectivity index (χ2v) is 21.4. The van der Waals surface area contributed by atoms with Crippen LogP contribution >= 0.6 is 0 Å². The van der Waals surface area contributed by atoms with E-state index in [0.29, 0.717) is 40.7 Å². The Hall–Kier alpha value is -3.01. The highest BCUT2D eigenvalue weighted by Gasteiger charge is 2.46. The van der Waals surface area contributed by atoms with Gasteiger partial charge in [-0.3, -0.25) is 13.8 Å². The Kier molecular flexibility index (Phi) is 9.55. The summed E-state index contributed by atoms with van der Waals surface area (Å²) < 4.78 is 33.5. The van der Waals surface area contributed by atoms with Gasteiger partial charge in [0, 0.05) is 16.4 Å². The Morgan fingerprint density at radius 2 is 1.48 bits per heavy atom. The first-order chi connectivity index (χ1) is 20.4. The molecule has 0 atom stereocenters. The maximum absolute atomic E-state index is 12.8. The number of benzene rings is 2. The van der Waals surface area contributed by atoms with Crippen LogP contribution in [0.1, 0.15) is 79.9 Å². The van der Waals surface area contributed by atoms with Gasteiger partial charge in [0.25, 0.3) is 10.1 Å². The first-order valence-electron chi connectivity index (χ1n) is 15.6. The third kappa shape index (κ3) is 6.24. The van der Waals surface area contributed by atoms with E-state index in [1.807, 2.05) is 39.8 Å². The van der Waals surface area contributed by atoms with Gasteiger partial charge in [-0.1, -0.05) is 65.3 Å². The van der Waals surface area contributed by atoms with E-state index in [2.05, 4.69) is 63.4 Å². The predicted octanol–water partition coefficient (Wildman–Crippen LogP) is 7.78. The summed E-state index contributed by atoms with van der Waals surface area (Å²) in [4.78, 5) is 25.5. The molecule has 0 aliphatic heterocycles. The standard InChI is InChI=1S/C35H48N2O5SSi/c1-22(2)44(23(3)4,24(5)6)37-21-27(12-11-19-42-43(40,41)28-16-13-25(7)14-17-28)29-20-26(15-18-30(29)37)31-32(34(39)33(31)38)36-35(8,9)10/h13-18,20-24,36H,11-12,19H2,1-10H3. The van der Waals surface area contributed by atoms with E-state index in [9.17, 15) is 18.0 Å². The van der Waals surface area contributed by atoms with Gasteiger partial charge < -0.3 is 9.55 Å². The summed E-state index contributed by atoms with van der Waals surface area (Å²) in [5.74, 6) is 0. The smallest absolute Gasteiger partial charge is 0.296 e. The molecule has 0 saturated carbocycles. The highest BCUT2D eigenvalue weighted by molar-refractivity contribution is 7.86. The number of aromatic nitrogens is 1. The fourth-order valence-corrected chi connectivity index (χ4v) is 14.8. The lowest BCUT2D eigenvalue weighted by Gasteiger charge is -2.44. The van der Waals surface area contributed by atoms with Crippen molar-refractivity contribution >= 4 is 34.9 Å². The van der Waals surface area contributed by atoms with Crippen molar-refractivity contribution in [3.05, 3.63) is 80.2 Å². The number of hydrogen-bond donors (Lipinski definition) is 1. The summed E-state index contributed by atoms with van der Waals surface area (Å²) in [5.41, 5.74) is 4.76. The van der Waals surface area contributed by atoms with Crippen molar-refractivity contribution in [1.29, 1.82) is 0 Å². The second kappa shape index (κ2) is 12.4. The lowest BCUT2D eigenvalue weighted by atomic mass is 9.95. The highest BCUT2D eigenvalue weighted by Crippen LogP contribution is 2.45. The molecule has 0 fully saturated rings. The molecule has 238 valence electrons. The maximum Gasteiger partial charge on any atom is 0.296 e. The maximum atomic E-state index is 12.8. The van der Waals surface area contributed by atoms with Crippen LogP contribution in [0.3, 0.4) is 0 Å². The molecule has 44 heavy (non-hydrogen) atoms. The van der Waals surface area contributed by atoms with Crippen molar-refractivity contribution in [1.82, 2.24) is 4.23 Å². The molecule has 1 aromatic heterocycles. The van der Waals surface area contributed by atoms with Crippen molar-refractivity contribution < 1.29 is 12.6 Å². The molecule has 0 bridgehead atoms. The molecule has 4 rings (SSSR count). The van der Waals surface area contributed by atoms with Crippen molar-refractivity contribution in [2.45, 2.75) is 109 Å². The van der Waals surface area contributed by atoms with Crippen LogP contribution in [0.25, 0.3) is 22.0 Å². The summed E-state index contributed by atoms with van der Waals surface area (Å²) in [7, 11) is -5.99. The average molecular weight is 637 g/mol. The van der Waals surface area contributed by atoms with E-state index in [4.69, 9.17) is 4.18 Å². The zero-order valence-electron chi connectivity index (χ0n) is 27.9. The Bertz CT molecular complexity index is 1800. The molecule has 0 saturated heterocycles. The number of aryl methyl sites for hydroxylation is 2. The van der Waals surface area contributed by atoms with Crippen LogP contribution in [-0.2, 0) is 20.7 Å². The van der Waals surface area contributed by atoms with Gasteiger partial charge in [0.2, 0.25) is 10.9 Å². The SMILES string of the molecule is Cc1ccc(S(=O)(=O)OCCCc2cn([Si](C(C)C)(C(C)C)C(C)C)c3ccc(-c4c(NC(C)(C)C)c(=O)c4=O)cc23)cc1. The summed E-state index contributed by atoms with van der Waals surface area (Å²) in [6.45, 7) is 21.8. The first kappa shape index (κ1) is 33.9. The van der Waals surface area contributed by atoms with E-state index in [1.54, 1.807) is 24.3 Å². The molecule has 0 aliphatic carbocycles. The molecular formula is C35H48N2O5SSi. The minimum absolute atomic E-state index is 0.0570. The molecule has 0 spiro atoms. The Labute approximate surface area is 263 Å². The lowest BCUT2D eigenvalue weighted by Crippen LogP contribution is -2.51. The van der Waals surface area contributed by atoms with Crippen LogP contribution in [0.4, 0.5) is 5.69 Å². The largest absolute Gasteiger partial charge is 0.377 e. The van der Waals surface area contributed by atoms with Gasteiger partial charge in [0.1, 0.15) is 0 Å². The second-order valence-electron chi connectivity index (χ2n) is 14.1. The Morgan fingerprint density at radius 3 is 2.02 bits per heavy atom.